The second kappa shape index (κ2) is 7.58. The fourth-order valence-electron chi connectivity index (χ4n) is 2.42. The molecular formula is C15H22FNO2. The fourth-order valence-corrected chi connectivity index (χ4v) is 2.42. The zero-order valence-corrected chi connectivity index (χ0v) is 11.4. The summed E-state index contributed by atoms with van der Waals surface area (Å²) in [6.07, 6.45) is 2.03. The average Bonchev–Trinajstić information content (AvgIpc) is 2.37. The first kappa shape index (κ1) is 14.4. The van der Waals surface area contributed by atoms with Crippen LogP contribution in [0.2, 0.25) is 0 Å². The number of benzene rings is 1. The molecule has 1 aromatic rings. The van der Waals surface area contributed by atoms with Gasteiger partial charge in [0.05, 0.1) is 19.8 Å². The van der Waals surface area contributed by atoms with Crippen LogP contribution in [0.3, 0.4) is 0 Å². The number of ether oxygens (including phenoxy) is 2. The standard InChI is InChI=1S/C15H22FNO2/c1-18-8-9-19-7-6-17-13-10-12(11-13)14-4-2-3-5-15(14)16/h2-5,12-13,17H,6-11H2,1H3. The van der Waals surface area contributed by atoms with Crippen LogP contribution in [-0.2, 0) is 9.47 Å². The van der Waals surface area contributed by atoms with E-state index in [1.165, 1.54) is 0 Å². The Labute approximate surface area is 114 Å². The van der Waals surface area contributed by atoms with Gasteiger partial charge in [-0.25, -0.2) is 4.39 Å². The van der Waals surface area contributed by atoms with Crippen molar-refractivity contribution in [3.8, 4) is 0 Å². The van der Waals surface area contributed by atoms with Crippen molar-refractivity contribution >= 4 is 0 Å². The molecule has 1 saturated carbocycles. The van der Waals surface area contributed by atoms with Gasteiger partial charge < -0.3 is 14.8 Å². The predicted octanol–water partition coefficient (Wildman–Crippen LogP) is 2.32. The molecule has 2 rings (SSSR count). The van der Waals surface area contributed by atoms with Gasteiger partial charge in [-0.15, -0.1) is 0 Å². The molecule has 0 amide bonds. The Morgan fingerprint density at radius 3 is 2.74 bits per heavy atom. The van der Waals surface area contributed by atoms with Gasteiger partial charge in [-0.05, 0) is 30.4 Å². The van der Waals surface area contributed by atoms with Crippen LogP contribution in [0.15, 0.2) is 24.3 Å². The number of nitrogens with one attached hydrogen (secondary N) is 1. The van der Waals surface area contributed by atoms with Crippen molar-refractivity contribution in [2.24, 2.45) is 0 Å². The Morgan fingerprint density at radius 1 is 1.21 bits per heavy atom. The maximum Gasteiger partial charge on any atom is 0.126 e. The maximum atomic E-state index is 13.6. The van der Waals surface area contributed by atoms with E-state index in [1.54, 1.807) is 19.2 Å². The smallest absolute Gasteiger partial charge is 0.126 e. The van der Waals surface area contributed by atoms with E-state index in [1.807, 2.05) is 12.1 Å². The van der Waals surface area contributed by atoms with Crippen LogP contribution in [0, 0.1) is 5.82 Å². The predicted molar refractivity (Wildman–Crippen MR) is 72.9 cm³/mol. The summed E-state index contributed by atoms with van der Waals surface area (Å²) < 4.78 is 23.8. The molecule has 1 aromatic carbocycles. The number of methoxy groups -OCH3 is 1. The van der Waals surface area contributed by atoms with E-state index in [0.29, 0.717) is 31.8 Å². The van der Waals surface area contributed by atoms with Crippen molar-refractivity contribution < 1.29 is 13.9 Å². The normalized spacial score (nSPS) is 22.2. The van der Waals surface area contributed by atoms with E-state index in [4.69, 9.17) is 9.47 Å². The highest BCUT2D eigenvalue weighted by atomic mass is 19.1. The minimum Gasteiger partial charge on any atom is -0.382 e. The number of rotatable bonds is 8. The Kier molecular flexibility index (Phi) is 5.76. The largest absolute Gasteiger partial charge is 0.382 e. The van der Waals surface area contributed by atoms with Gasteiger partial charge in [0.25, 0.3) is 0 Å². The molecule has 0 aromatic heterocycles. The molecule has 0 aliphatic heterocycles. The molecule has 4 heteroatoms. The van der Waals surface area contributed by atoms with Crippen LogP contribution in [0.1, 0.15) is 24.3 Å². The zero-order chi connectivity index (χ0) is 13.5. The lowest BCUT2D eigenvalue weighted by atomic mass is 9.75. The molecule has 3 nitrogen and oxygen atoms in total. The molecule has 1 N–H and O–H groups in total. The van der Waals surface area contributed by atoms with Crippen LogP contribution in [0.4, 0.5) is 4.39 Å². The van der Waals surface area contributed by atoms with E-state index in [9.17, 15) is 4.39 Å². The van der Waals surface area contributed by atoms with Crippen molar-refractivity contribution in [3.63, 3.8) is 0 Å². The van der Waals surface area contributed by atoms with Gasteiger partial charge in [0.15, 0.2) is 0 Å². The summed E-state index contributed by atoms with van der Waals surface area (Å²) in [5, 5.41) is 3.43. The minimum absolute atomic E-state index is 0.0751. The first-order chi connectivity index (χ1) is 9.31. The first-order valence-corrected chi connectivity index (χ1v) is 6.85. The Hall–Kier alpha value is -0.970. The van der Waals surface area contributed by atoms with Gasteiger partial charge in [-0.2, -0.15) is 0 Å². The molecule has 1 aliphatic rings. The molecule has 0 unspecified atom stereocenters. The lowest BCUT2D eigenvalue weighted by molar-refractivity contribution is 0.0694. The summed E-state index contributed by atoms with van der Waals surface area (Å²) in [4.78, 5) is 0. The van der Waals surface area contributed by atoms with E-state index < -0.39 is 0 Å². The highest BCUT2D eigenvalue weighted by Crippen LogP contribution is 2.37. The second-order valence-electron chi connectivity index (χ2n) is 4.95. The molecule has 1 aliphatic carbocycles. The Bertz CT molecular complexity index is 380. The molecule has 106 valence electrons. The number of halogens is 1. The molecular weight excluding hydrogens is 245 g/mol. The third-order valence-corrected chi connectivity index (χ3v) is 3.59. The van der Waals surface area contributed by atoms with Crippen LogP contribution in [0.25, 0.3) is 0 Å². The maximum absolute atomic E-state index is 13.6. The van der Waals surface area contributed by atoms with Gasteiger partial charge in [0.1, 0.15) is 5.82 Å². The van der Waals surface area contributed by atoms with Gasteiger partial charge >= 0.3 is 0 Å². The Balaban J connectivity index is 1.58. The van der Waals surface area contributed by atoms with Crippen LogP contribution >= 0.6 is 0 Å². The van der Waals surface area contributed by atoms with Crippen molar-refractivity contribution in [2.45, 2.75) is 24.8 Å². The summed E-state index contributed by atoms with van der Waals surface area (Å²) in [5.41, 5.74) is 0.858. The van der Waals surface area contributed by atoms with E-state index >= 15 is 0 Å². The Morgan fingerprint density at radius 2 is 2.00 bits per heavy atom. The topological polar surface area (TPSA) is 30.5 Å². The average molecular weight is 267 g/mol. The van der Waals surface area contributed by atoms with Crippen molar-refractivity contribution in [1.29, 1.82) is 0 Å². The quantitative estimate of drug-likeness (QED) is 0.733. The summed E-state index contributed by atoms with van der Waals surface area (Å²) in [7, 11) is 1.67. The highest BCUT2D eigenvalue weighted by molar-refractivity contribution is 5.24. The third kappa shape index (κ3) is 4.27. The molecule has 1 fully saturated rings. The summed E-state index contributed by atoms with van der Waals surface area (Å²) in [6.45, 7) is 2.82. The molecule has 0 spiro atoms. The van der Waals surface area contributed by atoms with E-state index in [0.717, 1.165) is 24.9 Å². The van der Waals surface area contributed by atoms with E-state index in [-0.39, 0.29) is 5.82 Å². The van der Waals surface area contributed by atoms with Gasteiger partial charge in [0.2, 0.25) is 0 Å². The first-order valence-electron chi connectivity index (χ1n) is 6.85. The van der Waals surface area contributed by atoms with Crippen molar-refractivity contribution in [2.75, 3.05) is 33.5 Å². The lowest BCUT2D eigenvalue weighted by Crippen LogP contribution is -2.41. The molecule has 0 heterocycles. The van der Waals surface area contributed by atoms with Gasteiger partial charge in [-0.1, -0.05) is 18.2 Å². The SMILES string of the molecule is COCCOCCNC1CC(c2ccccc2F)C1. The molecule has 0 radical (unpaired) electrons. The molecule has 19 heavy (non-hydrogen) atoms. The van der Waals surface area contributed by atoms with Crippen LogP contribution in [0.5, 0.6) is 0 Å². The summed E-state index contributed by atoms with van der Waals surface area (Å²) in [6, 6.07) is 7.58. The number of hydrogen-bond acceptors (Lipinski definition) is 3. The van der Waals surface area contributed by atoms with E-state index in [2.05, 4.69) is 5.32 Å². The van der Waals surface area contributed by atoms with Crippen LogP contribution < -0.4 is 5.32 Å². The van der Waals surface area contributed by atoms with Crippen LogP contribution in [-0.4, -0.2) is 39.5 Å². The number of hydrogen-bond donors (Lipinski definition) is 1. The summed E-state index contributed by atoms with van der Waals surface area (Å²) in [5.74, 6) is 0.293. The highest BCUT2D eigenvalue weighted by Gasteiger charge is 2.31. The minimum atomic E-state index is -0.0751. The fraction of sp³-hybridized carbons (Fsp3) is 0.600. The second-order valence-corrected chi connectivity index (χ2v) is 4.95. The lowest BCUT2D eigenvalue weighted by Gasteiger charge is -2.36. The van der Waals surface area contributed by atoms with Gasteiger partial charge in [0, 0.05) is 19.7 Å². The third-order valence-electron chi connectivity index (χ3n) is 3.59. The summed E-state index contributed by atoms with van der Waals surface area (Å²) >= 11 is 0. The molecule has 0 atom stereocenters. The molecule has 0 saturated heterocycles. The zero-order valence-electron chi connectivity index (χ0n) is 11.4. The van der Waals surface area contributed by atoms with Crippen molar-refractivity contribution in [1.82, 2.24) is 5.32 Å². The van der Waals surface area contributed by atoms with Gasteiger partial charge in [-0.3, -0.25) is 0 Å². The van der Waals surface area contributed by atoms with Crippen molar-refractivity contribution in [3.05, 3.63) is 35.6 Å². The monoisotopic (exact) mass is 267 g/mol. The molecule has 0 bridgehead atoms.